The van der Waals surface area contributed by atoms with Gasteiger partial charge in [0.2, 0.25) is 0 Å². The van der Waals surface area contributed by atoms with Gasteiger partial charge in [-0.25, -0.2) is 9.97 Å². The highest BCUT2D eigenvalue weighted by Crippen LogP contribution is 2.27. The number of hydrogen-bond acceptors (Lipinski definition) is 6. The van der Waals surface area contributed by atoms with Crippen LogP contribution in [0.15, 0.2) is 71.8 Å². The zero-order valence-corrected chi connectivity index (χ0v) is 17.9. The average molecular weight is 428 g/mol. The lowest BCUT2D eigenvalue weighted by Gasteiger charge is -2.30. The number of piperidine rings is 1. The summed E-state index contributed by atoms with van der Waals surface area (Å²) in [6.45, 7) is 2.08. The van der Waals surface area contributed by atoms with Crippen molar-refractivity contribution in [1.82, 2.24) is 19.9 Å². The summed E-state index contributed by atoms with van der Waals surface area (Å²) in [6.07, 6.45) is 3.73. The summed E-state index contributed by atoms with van der Waals surface area (Å²) in [6, 6.07) is 19.3. The molecule has 0 spiro atoms. The van der Waals surface area contributed by atoms with E-state index in [-0.39, 0.29) is 5.56 Å². The molecule has 1 aliphatic rings. The molecule has 0 bridgehead atoms. The number of nitrogens with one attached hydrogen (secondary N) is 2. The Bertz CT molecular complexity index is 1270. The summed E-state index contributed by atoms with van der Waals surface area (Å²) in [5, 5.41) is 4.36. The van der Waals surface area contributed by atoms with Crippen molar-refractivity contribution in [3.63, 3.8) is 0 Å². The second-order valence-electron chi connectivity index (χ2n) is 8.18. The molecule has 162 valence electrons. The van der Waals surface area contributed by atoms with Crippen LogP contribution in [0, 0.1) is 0 Å². The van der Waals surface area contributed by atoms with Crippen LogP contribution in [0.5, 0.6) is 11.5 Å². The molecule has 2 aromatic heterocycles. The highest BCUT2D eigenvalue weighted by Gasteiger charge is 2.19. The molecule has 1 saturated heterocycles. The van der Waals surface area contributed by atoms with E-state index in [2.05, 4.69) is 32.2 Å². The molecular weight excluding hydrogens is 402 g/mol. The van der Waals surface area contributed by atoms with E-state index in [9.17, 15) is 4.79 Å². The first kappa shape index (κ1) is 20.2. The zero-order chi connectivity index (χ0) is 21.9. The molecule has 4 aromatic rings. The molecule has 1 unspecified atom stereocenters. The SMILES string of the molecule is CN1CCCC(Nc2ncnc3[nH]c(=O)c(-c4ccc(Oc5ccccc5)cc4)cc23)C1. The molecule has 7 heteroatoms. The maximum atomic E-state index is 12.8. The number of anilines is 1. The monoisotopic (exact) mass is 427 g/mol. The fraction of sp³-hybridized carbons (Fsp3) is 0.240. The van der Waals surface area contributed by atoms with Crippen LogP contribution < -0.4 is 15.6 Å². The van der Waals surface area contributed by atoms with E-state index in [0.717, 1.165) is 48.4 Å². The Hall–Kier alpha value is -3.71. The number of benzene rings is 2. The first-order valence-corrected chi connectivity index (χ1v) is 10.8. The molecule has 2 N–H and O–H groups in total. The van der Waals surface area contributed by atoms with Gasteiger partial charge in [0.05, 0.1) is 5.39 Å². The third-order valence-corrected chi connectivity index (χ3v) is 5.76. The quantitative estimate of drug-likeness (QED) is 0.495. The van der Waals surface area contributed by atoms with Crippen LogP contribution in [-0.4, -0.2) is 46.0 Å². The zero-order valence-electron chi connectivity index (χ0n) is 17.9. The third-order valence-electron chi connectivity index (χ3n) is 5.76. The number of aromatic amines is 1. The fourth-order valence-corrected chi connectivity index (χ4v) is 4.15. The van der Waals surface area contributed by atoms with E-state index >= 15 is 0 Å². The summed E-state index contributed by atoms with van der Waals surface area (Å²) in [5.74, 6) is 2.23. The van der Waals surface area contributed by atoms with E-state index in [4.69, 9.17) is 4.74 Å². The first-order valence-electron chi connectivity index (χ1n) is 10.8. The van der Waals surface area contributed by atoms with Crippen molar-refractivity contribution in [2.75, 3.05) is 25.5 Å². The van der Waals surface area contributed by atoms with Gasteiger partial charge < -0.3 is 19.9 Å². The number of aromatic nitrogens is 3. The molecule has 0 aliphatic carbocycles. The van der Waals surface area contributed by atoms with Crippen molar-refractivity contribution in [3.05, 3.63) is 77.3 Å². The fourth-order valence-electron chi connectivity index (χ4n) is 4.15. The van der Waals surface area contributed by atoms with Gasteiger partial charge in [-0.3, -0.25) is 4.79 Å². The lowest BCUT2D eigenvalue weighted by molar-refractivity contribution is 0.261. The maximum Gasteiger partial charge on any atom is 0.257 e. The van der Waals surface area contributed by atoms with Crippen molar-refractivity contribution < 1.29 is 4.74 Å². The molecule has 5 rings (SSSR count). The van der Waals surface area contributed by atoms with Gasteiger partial charge in [-0.15, -0.1) is 0 Å². The molecule has 7 nitrogen and oxygen atoms in total. The van der Waals surface area contributed by atoms with Gasteiger partial charge in [-0.2, -0.15) is 0 Å². The van der Waals surface area contributed by atoms with Crippen molar-refractivity contribution in [3.8, 4) is 22.6 Å². The topological polar surface area (TPSA) is 83.1 Å². The van der Waals surface area contributed by atoms with Gasteiger partial charge in [0, 0.05) is 18.2 Å². The second kappa shape index (κ2) is 8.80. The van der Waals surface area contributed by atoms with Gasteiger partial charge in [0.1, 0.15) is 29.3 Å². The average Bonchev–Trinajstić information content (AvgIpc) is 2.80. The molecule has 32 heavy (non-hydrogen) atoms. The van der Waals surface area contributed by atoms with Gasteiger partial charge in [-0.1, -0.05) is 30.3 Å². The van der Waals surface area contributed by atoms with E-state index in [0.29, 0.717) is 23.0 Å². The van der Waals surface area contributed by atoms with Gasteiger partial charge in [-0.05, 0) is 62.3 Å². The Morgan fingerprint density at radius 2 is 1.84 bits per heavy atom. The smallest absolute Gasteiger partial charge is 0.257 e. The summed E-state index contributed by atoms with van der Waals surface area (Å²) in [5.41, 5.74) is 1.73. The second-order valence-corrected chi connectivity index (χ2v) is 8.18. The minimum absolute atomic E-state index is 0.184. The Kier molecular flexibility index (Phi) is 5.56. The van der Waals surface area contributed by atoms with Crippen LogP contribution in [0.25, 0.3) is 22.2 Å². The molecule has 1 fully saturated rings. The molecule has 0 radical (unpaired) electrons. The summed E-state index contributed by atoms with van der Waals surface area (Å²) < 4.78 is 5.86. The number of nitrogens with zero attached hydrogens (tertiary/aromatic N) is 3. The van der Waals surface area contributed by atoms with Crippen LogP contribution in [0.2, 0.25) is 0 Å². The number of ether oxygens (including phenoxy) is 1. The highest BCUT2D eigenvalue weighted by molar-refractivity contribution is 5.89. The van der Waals surface area contributed by atoms with Gasteiger partial charge >= 0.3 is 0 Å². The Morgan fingerprint density at radius 3 is 2.62 bits per heavy atom. The van der Waals surface area contributed by atoms with E-state index in [1.54, 1.807) is 0 Å². The number of rotatable bonds is 5. The van der Waals surface area contributed by atoms with Crippen LogP contribution in [0.1, 0.15) is 12.8 Å². The van der Waals surface area contributed by atoms with E-state index in [1.165, 1.54) is 6.33 Å². The molecule has 3 heterocycles. The normalized spacial score (nSPS) is 16.7. The lowest BCUT2D eigenvalue weighted by Crippen LogP contribution is -2.40. The Balaban J connectivity index is 1.45. The van der Waals surface area contributed by atoms with Gasteiger partial charge in [0.15, 0.2) is 0 Å². The van der Waals surface area contributed by atoms with Crippen LogP contribution in [0.4, 0.5) is 5.82 Å². The highest BCUT2D eigenvalue weighted by atomic mass is 16.5. The number of para-hydroxylation sites is 1. The number of hydrogen-bond donors (Lipinski definition) is 2. The Morgan fingerprint density at radius 1 is 1.06 bits per heavy atom. The van der Waals surface area contributed by atoms with E-state index in [1.807, 2.05) is 60.7 Å². The number of likely N-dealkylation sites (tertiary alicyclic amines) is 1. The number of H-pyrrole nitrogens is 1. The molecule has 0 amide bonds. The summed E-state index contributed by atoms with van der Waals surface area (Å²) >= 11 is 0. The minimum Gasteiger partial charge on any atom is -0.457 e. The van der Waals surface area contributed by atoms with Crippen LogP contribution in [-0.2, 0) is 0 Å². The van der Waals surface area contributed by atoms with Crippen molar-refractivity contribution in [2.24, 2.45) is 0 Å². The molecule has 0 saturated carbocycles. The molecule has 2 aromatic carbocycles. The molecular formula is C25H25N5O2. The lowest BCUT2D eigenvalue weighted by atomic mass is 10.0. The van der Waals surface area contributed by atoms with Crippen molar-refractivity contribution in [2.45, 2.75) is 18.9 Å². The van der Waals surface area contributed by atoms with Crippen LogP contribution >= 0.6 is 0 Å². The molecule has 1 atom stereocenters. The largest absolute Gasteiger partial charge is 0.457 e. The summed E-state index contributed by atoms with van der Waals surface area (Å²) in [4.78, 5) is 26.7. The van der Waals surface area contributed by atoms with Gasteiger partial charge in [0.25, 0.3) is 5.56 Å². The predicted molar refractivity (Wildman–Crippen MR) is 126 cm³/mol. The number of likely N-dealkylation sites (N-methyl/N-ethyl adjacent to an activating group) is 1. The number of pyridine rings is 1. The minimum atomic E-state index is -0.184. The number of fused-ring (bicyclic) bond motifs is 1. The first-order chi connectivity index (χ1) is 15.7. The summed E-state index contributed by atoms with van der Waals surface area (Å²) in [7, 11) is 2.13. The molecule has 1 aliphatic heterocycles. The van der Waals surface area contributed by atoms with Crippen molar-refractivity contribution in [1.29, 1.82) is 0 Å². The van der Waals surface area contributed by atoms with E-state index < -0.39 is 0 Å². The predicted octanol–water partition coefficient (Wildman–Crippen LogP) is 4.28. The maximum absolute atomic E-state index is 12.8. The van der Waals surface area contributed by atoms with Crippen LogP contribution in [0.3, 0.4) is 0 Å². The standard InChI is InChI=1S/C25H25N5O2/c1-30-13-5-6-18(15-30)28-23-22-14-21(25(31)29-24(22)27-16-26-23)17-9-11-20(12-10-17)32-19-7-3-2-4-8-19/h2-4,7-12,14,16,18H,5-6,13,15H2,1H3,(H2,26,27,28,29,31). The Labute approximate surface area is 186 Å². The van der Waals surface area contributed by atoms with Crippen molar-refractivity contribution >= 4 is 16.9 Å². The third kappa shape index (κ3) is 4.33.